The van der Waals surface area contributed by atoms with E-state index in [-0.39, 0.29) is 6.61 Å². The number of benzene rings is 2. The number of ether oxygens (including phenoxy) is 1. The number of aliphatic hydroxyl groups is 1. The lowest BCUT2D eigenvalue weighted by Gasteiger charge is -2.06. The van der Waals surface area contributed by atoms with Gasteiger partial charge in [-0.15, -0.1) is 10.2 Å². The van der Waals surface area contributed by atoms with Crippen molar-refractivity contribution in [2.24, 2.45) is 0 Å². The highest BCUT2D eigenvalue weighted by molar-refractivity contribution is 7.98. The van der Waals surface area contributed by atoms with Crippen molar-refractivity contribution in [2.75, 3.05) is 13.7 Å². The van der Waals surface area contributed by atoms with Crippen LogP contribution in [0.4, 0.5) is 0 Å². The summed E-state index contributed by atoms with van der Waals surface area (Å²) in [6, 6.07) is 12.9. The molecule has 4 aromatic rings. The molecule has 0 amide bonds. The summed E-state index contributed by atoms with van der Waals surface area (Å²) < 4.78 is 12.9. The van der Waals surface area contributed by atoms with E-state index in [9.17, 15) is 5.11 Å². The molecule has 2 aromatic carbocycles. The molecule has 0 aliphatic rings. The minimum Gasteiger partial charge on any atom is -0.497 e. The van der Waals surface area contributed by atoms with Crippen molar-refractivity contribution in [3.8, 4) is 17.2 Å². The molecule has 0 saturated heterocycles. The van der Waals surface area contributed by atoms with Crippen molar-refractivity contribution in [2.45, 2.75) is 17.5 Å². The Hall–Kier alpha value is -2.55. The molecule has 2 aromatic heterocycles. The van der Waals surface area contributed by atoms with Gasteiger partial charge in [0.1, 0.15) is 11.6 Å². The Balaban J connectivity index is 1.53. The largest absolute Gasteiger partial charge is 0.497 e. The second-order valence-corrected chi connectivity index (χ2v) is 7.29. The Morgan fingerprint density at radius 3 is 2.75 bits per heavy atom. The molecule has 28 heavy (non-hydrogen) atoms. The van der Waals surface area contributed by atoms with E-state index < -0.39 is 0 Å². The highest BCUT2D eigenvalue weighted by atomic mass is 35.5. The SMILES string of the molecule is COc1ccc(-c2nnc(SCc3nc4ccc(Cl)cc4n3CCO)o2)cc1. The van der Waals surface area contributed by atoms with Crippen molar-refractivity contribution < 1.29 is 14.3 Å². The number of hydrogen-bond donors (Lipinski definition) is 1. The summed E-state index contributed by atoms with van der Waals surface area (Å²) in [5, 5.41) is 18.7. The summed E-state index contributed by atoms with van der Waals surface area (Å²) in [6.45, 7) is 0.450. The lowest BCUT2D eigenvalue weighted by Crippen LogP contribution is -2.06. The smallest absolute Gasteiger partial charge is 0.277 e. The van der Waals surface area contributed by atoms with E-state index in [0.717, 1.165) is 28.2 Å². The number of hydrogen-bond acceptors (Lipinski definition) is 7. The first kappa shape index (κ1) is 18.8. The Kier molecular flexibility index (Phi) is 5.52. The zero-order valence-corrected chi connectivity index (χ0v) is 16.6. The van der Waals surface area contributed by atoms with Crippen molar-refractivity contribution in [3.63, 3.8) is 0 Å². The second kappa shape index (κ2) is 8.22. The standard InChI is InChI=1S/C19H17ClN4O3S/c1-26-14-5-2-12(3-6-14)18-22-23-19(27-18)28-11-17-21-15-7-4-13(20)10-16(15)24(17)8-9-25/h2-7,10,25H,8-9,11H2,1H3. The third-order valence-electron chi connectivity index (χ3n) is 4.18. The molecule has 0 aliphatic carbocycles. The number of aliphatic hydroxyl groups excluding tert-OH is 1. The van der Waals surface area contributed by atoms with E-state index in [1.807, 2.05) is 41.0 Å². The van der Waals surface area contributed by atoms with Crippen LogP contribution in [-0.2, 0) is 12.3 Å². The van der Waals surface area contributed by atoms with Crippen LogP contribution in [0.15, 0.2) is 52.1 Å². The number of aromatic nitrogens is 4. The Labute approximate surface area is 170 Å². The maximum atomic E-state index is 9.41. The summed E-state index contributed by atoms with van der Waals surface area (Å²) in [5.41, 5.74) is 2.54. The van der Waals surface area contributed by atoms with Crippen molar-refractivity contribution in [1.82, 2.24) is 19.7 Å². The van der Waals surface area contributed by atoms with Crippen LogP contribution < -0.4 is 4.74 Å². The molecule has 4 rings (SSSR count). The molecule has 0 aliphatic heterocycles. The van der Waals surface area contributed by atoms with E-state index in [0.29, 0.717) is 28.4 Å². The fourth-order valence-corrected chi connectivity index (χ4v) is 3.73. The molecule has 0 unspecified atom stereocenters. The van der Waals surface area contributed by atoms with E-state index in [4.69, 9.17) is 20.8 Å². The zero-order valence-electron chi connectivity index (χ0n) is 15.0. The maximum absolute atomic E-state index is 9.41. The molecule has 0 bridgehead atoms. The molecular formula is C19H17ClN4O3S. The number of thioether (sulfide) groups is 1. The summed E-state index contributed by atoms with van der Waals surface area (Å²) in [4.78, 5) is 4.64. The van der Waals surface area contributed by atoms with Crippen LogP contribution in [0.25, 0.3) is 22.5 Å². The fraction of sp³-hybridized carbons (Fsp3) is 0.211. The zero-order chi connectivity index (χ0) is 19.5. The molecule has 0 spiro atoms. The van der Waals surface area contributed by atoms with Crippen molar-refractivity contribution in [3.05, 3.63) is 53.3 Å². The van der Waals surface area contributed by atoms with E-state index >= 15 is 0 Å². The first-order chi connectivity index (χ1) is 13.7. The van der Waals surface area contributed by atoms with Gasteiger partial charge in [0, 0.05) is 17.1 Å². The average molecular weight is 417 g/mol. The third-order valence-corrected chi connectivity index (χ3v) is 5.23. The van der Waals surface area contributed by atoms with Crippen LogP contribution in [0, 0.1) is 0 Å². The van der Waals surface area contributed by atoms with Crippen LogP contribution >= 0.6 is 23.4 Å². The summed E-state index contributed by atoms with van der Waals surface area (Å²) in [7, 11) is 1.62. The molecule has 0 fully saturated rings. The normalized spacial score (nSPS) is 11.2. The molecule has 0 atom stereocenters. The van der Waals surface area contributed by atoms with Crippen LogP contribution in [0.3, 0.4) is 0 Å². The lowest BCUT2D eigenvalue weighted by molar-refractivity contribution is 0.276. The maximum Gasteiger partial charge on any atom is 0.277 e. The van der Waals surface area contributed by atoms with Crippen LogP contribution in [-0.4, -0.2) is 38.6 Å². The molecule has 144 valence electrons. The summed E-state index contributed by atoms with van der Waals surface area (Å²) >= 11 is 7.50. The second-order valence-electron chi connectivity index (χ2n) is 5.93. The van der Waals surface area contributed by atoms with E-state index in [1.165, 1.54) is 11.8 Å². The number of rotatable bonds is 7. The molecular weight excluding hydrogens is 400 g/mol. The predicted octanol–water partition coefficient (Wildman–Crippen LogP) is 4.03. The Bertz CT molecular complexity index is 1090. The molecule has 1 N–H and O–H groups in total. The first-order valence-corrected chi connectivity index (χ1v) is 9.90. The van der Waals surface area contributed by atoms with Crippen LogP contribution in [0.1, 0.15) is 5.82 Å². The molecule has 7 nitrogen and oxygen atoms in total. The van der Waals surface area contributed by atoms with Crippen molar-refractivity contribution >= 4 is 34.4 Å². The summed E-state index contributed by atoms with van der Waals surface area (Å²) in [6.07, 6.45) is 0. The number of imidazole rings is 1. The molecule has 9 heteroatoms. The lowest BCUT2D eigenvalue weighted by atomic mass is 10.2. The minimum absolute atomic E-state index is 0.0117. The number of halogens is 1. The van der Waals surface area contributed by atoms with Crippen LogP contribution in [0.2, 0.25) is 5.02 Å². The van der Waals surface area contributed by atoms with E-state index in [2.05, 4.69) is 15.2 Å². The Morgan fingerprint density at radius 2 is 2.00 bits per heavy atom. The molecule has 2 heterocycles. The van der Waals surface area contributed by atoms with Gasteiger partial charge in [0.2, 0.25) is 5.89 Å². The summed E-state index contributed by atoms with van der Waals surface area (Å²) in [5.74, 6) is 2.54. The Morgan fingerprint density at radius 1 is 1.18 bits per heavy atom. The van der Waals surface area contributed by atoms with Crippen molar-refractivity contribution in [1.29, 1.82) is 0 Å². The van der Waals surface area contributed by atoms with Gasteiger partial charge in [-0.05, 0) is 42.5 Å². The van der Waals surface area contributed by atoms with Gasteiger partial charge in [-0.1, -0.05) is 23.4 Å². The molecule has 0 saturated carbocycles. The quantitative estimate of drug-likeness (QED) is 0.455. The van der Waals surface area contributed by atoms with Gasteiger partial charge in [-0.25, -0.2) is 4.98 Å². The average Bonchev–Trinajstić information content (AvgIpc) is 3.32. The van der Waals surface area contributed by atoms with Gasteiger partial charge in [0.25, 0.3) is 5.22 Å². The van der Waals surface area contributed by atoms with Gasteiger partial charge >= 0.3 is 0 Å². The number of nitrogens with zero attached hydrogens (tertiary/aromatic N) is 4. The van der Waals surface area contributed by atoms with Gasteiger partial charge < -0.3 is 18.8 Å². The van der Waals surface area contributed by atoms with Gasteiger partial charge in [0.15, 0.2) is 0 Å². The number of fused-ring (bicyclic) bond motifs is 1. The van der Waals surface area contributed by atoms with Gasteiger partial charge in [0.05, 0.1) is 30.5 Å². The monoisotopic (exact) mass is 416 g/mol. The minimum atomic E-state index is 0.0117. The van der Waals surface area contributed by atoms with Gasteiger partial charge in [-0.3, -0.25) is 0 Å². The first-order valence-electron chi connectivity index (χ1n) is 8.54. The highest BCUT2D eigenvalue weighted by Crippen LogP contribution is 2.28. The fourth-order valence-electron chi connectivity index (χ4n) is 2.85. The topological polar surface area (TPSA) is 86.2 Å². The van der Waals surface area contributed by atoms with E-state index in [1.54, 1.807) is 13.2 Å². The highest BCUT2D eigenvalue weighted by Gasteiger charge is 2.14. The van der Waals surface area contributed by atoms with Gasteiger partial charge in [-0.2, -0.15) is 0 Å². The predicted molar refractivity (Wildman–Crippen MR) is 108 cm³/mol. The number of methoxy groups -OCH3 is 1. The third kappa shape index (κ3) is 3.84. The molecule has 0 radical (unpaired) electrons. The van der Waals surface area contributed by atoms with Crippen LogP contribution in [0.5, 0.6) is 5.75 Å².